The molecule has 2 heteroatoms. The zero-order valence-electron chi connectivity index (χ0n) is 30.0. The van der Waals surface area contributed by atoms with E-state index in [9.17, 15) is 0 Å². The van der Waals surface area contributed by atoms with Crippen molar-refractivity contribution in [3.05, 3.63) is 121 Å². The average molecular weight is 613 g/mol. The second-order valence-electron chi connectivity index (χ2n) is 13.0. The SMILES string of the molecule is COc1cc(C)ccc1C(C)C.Cc1cc(C)c(C(C)C)s1.Cc1ccc(C(C)C)c(C)c1.Cc1ccc(C(C)C)cc1.[2HH].[2HH].[2HH].[2HH]. The molecule has 3 aromatic carbocycles. The van der Waals surface area contributed by atoms with Gasteiger partial charge in [-0.3, -0.25) is 0 Å². The maximum Gasteiger partial charge on any atom is 0.122 e. The molecule has 1 heterocycles. The highest BCUT2D eigenvalue weighted by atomic mass is 32.1. The Hall–Kier alpha value is -2.84. The Kier molecular flexibility index (Phi) is 16.6. The quantitative estimate of drug-likeness (QED) is 0.218. The minimum atomic E-state index is 0. The van der Waals surface area contributed by atoms with Gasteiger partial charge in [0.2, 0.25) is 0 Å². The van der Waals surface area contributed by atoms with Crippen LogP contribution in [0.15, 0.2) is 66.7 Å². The summed E-state index contributed by atoms with van der Waals surface area (Å²) in [7, 11) is 1.72. The fourth-order valence-electron chi connectivity index (χ4n) is 4.95. The Morgan fingerprint density at radius 3 is 1.37 bits per heavy atom. The predicted molar refractivity (Wildman–Crippen MR) is 203 cm³/mol. The third kappa shape index (κ3) is 13.6. The molecule has 244 valence electrons. The van der Waals surface area contributed by atoms with Crippen LogP contribution in [0.25, 0.3) is 0 Å². The summed E-state index contributed by atoms with van der Waals surface area (Å²) in [5.74, 6) is 3.53. The highest BCUT2D eigenvalue weighted by Gasteiger charge is 2.07. The molecule has 0 bridgehead atoms. The molecule has 1 aromatic heterocycles. The second kappa shape index (κ2) is 18.7. The highest BCUT2D eigenvalue weighted by molar-refractivity contribution is 7.12. The number of aryl methyl sites for hydroxylation is 6. The van der Waals surface area contributed by atoms with Gasteiger partial charge in [-0.1, -0.05) is 121 Å². The van der Waals surface area contributed by atoms with Crippen LogP contribution in [0.3, 0.4) is 0 Å². The minimum Gasteiger partial charge on any atom is -0.496 e. The van der Waals surface area contributed by atoms with Crippen LogP contribution in [-0.2, 0) is 0 Å². The van der Waals surface area contributed by atoms with Crippen molar-refractivity contribution < 1.29 is 10.4 Å². The van der Waals surface area contributed by atoms with E-state index >= 15 is 0 Å². The van der Waals surface area contributed by atoms with E-state index in [1.54, 1.807) is 7.11 Å². The van der Waals surface area contributed by atoms with Gasteiger partial charge in [0.25, 0.3) is 0 Å². The summed E-state index contributed by atoms with van der Waals surface area (Å²) in [6.45, 7) is 30.6. The van der Waals surface area contributed by atoms with Gasteiger partial charge in [-0.2, -0.15) is 0 Å². The van der Waals surface area contributed by atoms with Crippen LogP contribution in [0.2, 0.25) is 0 Å². The van der Waals surface area contributed by atoms with Crippen molar-refractivity contribution in [2.24, 2.45) is 0 Å². The number of rotatable bonds is 5. The summed E-state index contributed by atoms with van der Waals surface area (Å²) in [5.41, 5.74) is 11.0. The normalized spacial score (nSPS) is 10.6. The molecule has 0 aliphatic heterocycles. The van der Waals surface area contributed by atoms with Crippen LogP contribution in [0.1, 0.15) is 139 Å². The van der Waals surface area contributed by atoms with Gasteiger partial charge in [-0.25, -0.2) is 0 Å². The van der Waals surface area contributed by atoms with Gasteiger partial charge in [0.15, 0.2) is 0 Å². The largest absolute Gasteiger partial charge is 0.496 e. The smallest absolute Gasteiger partial charge is 0.122 e. The van der Waals surface area contributed by atoms with E-state index in [0.29, 0.717) is 23.7 Å². The Balaban J connectivity index is -0.000000256. The van der Waals surface area contributed by atoms with E-state index in [2.05, 4.69) is 164 Å². The van der Waals surface area contributed by atoms with Gasteiger partial charge in [0.1, 0.15) is 5.75 Å². The first-order valence-electron chi connectivity index (χ1n) is 15.9. The number of methoxy groups -OCH3 is 1. The van der Waals surface area contributed by atoms with Crippen molar-refractivity contribution in [3.63, 3.8) is 0 Å². The zero-order valence-corrected chi connectivity index (χ0v) is 30.8. The third-order valence-electron chi connectivity index (χ3n) is 7.41. The first-order chi connectivity index (χ1) is 20.1. The Morgan fingerprint density at radius 2 is 1.00 bits per heavy atom. The minimum absolute atomic E-state index is 0. The van der Waals surface area contributed by atoms with Gasteiger partial charge < -0.3 is 4.74 Å². The number of benzene rings is 3. The Morgan fingerprint density at radius 1 is 0.512 bits per heavy atom. The third-order valence-corrected chi connectivity index (χ3v) is 8.86. The second-order valence-corrected chi connectivity index (χ2v) is 14.3. The van der Waals surface area contributed by atoms with E-state index in [-0.39, 0.29) is 5.71 Å². The molecule has 0 saturated carbocycles. The van der Waals surface area contributed by atoms with Crippen LogP contribution < -0.4 is 4.74 Å². The van der Waals surface area contributed by atoms with Crippen molar-refractivity contribution in [2.45, 2.75) is 121 Å². The zero-order chi connectivity index (χ0) is 32.9. The molecule has 0 amide bonds. The van der Waals surface area contributed by atoms with E-state index in [1.165, 1.54) is 54.3 Å². The molecular weight excluding hydrogens is 541 g/mol. The lowest BCUT2D eigenvalue weighted by Gasteiger charge is -2.11. The fourth-order valence-corrected chi connectivity index (χ4v) is 5.99. The summed E-state index contributed by atoms with van der Waals surface area (Å²) >= 11 is 1.92. The monoisotopic (exact) mass is 613 g/mol. The lowest BCUT2D eigenvalue weighted by Crippen LogP contribution is -1.94. The Bertz CT molecular complexity index is 1370. The van der Waals surface area contributed by atoms with Crippen LogP contribution in [0.5, 0.6) is 5.75 Å². The molecule has 0 aliphatic carbocycles. The first-order valence-corrected chi connectivity index (χ1v) is 16.7. The maximum atomic E-state index is 5.29. The number of hydrogen-bond donors (Lipinski definition) is 0. The molecule has 4 rings (SSSR count). The van der Waals surface area contributed by atoms with Gasteiger partial charge in [-0.15, -0.1) is 11.3 Å². The molecule has 43 heavy (non-hydrogen) atoms. The van der Waals surface area contributed by atoms with Crippen LogP contribution >= 0.6 is 11.3 Å². The van der Waals surface area contributed by atoms with Gasteiger partial charge >= 0.3 is 0 Å². The molecule has 0 unspecified atom stereocenters. The molecule has 0 fully saturated rings. The van der Waals surface area contributed by atoms with Gasteiger partial charge in [0.05, 0.1) is 7.11 Å². The number of thiophene rings is 1. The predicted octanol–water partition coefficient (Wildman–Crippen LogP) is 14.1. The van der Waals surface area contributed by atoms with Crippen molar-refractivity contribution in [1.29, 1.82) is 0 Å². The molecule has 4 aromatic rings. The summed E-state index contributed by atoms with van der Waals surface area (Å²) in [5, 5.41) is 0. The van der Waals surface area contributed by atoms with Crippen molar-refractivity contribution >= 4 is 11.3 Å². The average Bonchev–Trinajstić information content (AvgIpc) is 3.27. The van der Waals surface area contributed by atoms with Crippen LogP contribution in [0, 0.1) is 41.5 Å². The molecule has 0 radical (unpaired) electrons. The highest BCUT2D eigenvalue weighted by Crippen LogP contribution is 2.28. The molecule has 0 atom stereocenters. The van der Waals surface area contributed by atoms with Crippen LogP contribution in [-0.4, -0.2) is 7.11 Å². The summed E-state index contributed by atoms with van der Waals surface area (Å²) in [6.07, 6.45) is 0. The molecule has 0 N–H and O–H groups in total. The lowest BCUT2D eigenvalue weighted by atomic mass is 9.97. The lowest BCUT2D eigenvalue weighted by molar-refractivity contribution is 0.407. The van der Waals surface area contributed by atoms with E-state index in [1.807, 2.05) is 11.3 Å². The molecular formula is C41H68OS. The van der Waals surface area contributed by atoms with Gasteiger partial charge in [0, 0.05) is 15.5 Å². The van der Waals surface area contributed by atoms with Gasteiger partial charge in [-0.05, 0) is 111 Å². The van der Waals surface area contributed by atoms with E-state index in [0.717, 1.165) is 5.75 Å². The van der Waals surface area contributed by atoms with Crippen molar-refractivity contribution in [2.75, 3.05) is 7.11 Å². The fraction of sp³-hybridized carbons (Fsp3) is 0.463. The number of ether oxygens (including phenoxy) is 1. The first kappa shape index (κ1) is 38.2. The Labute approximate surface area is 275 Å². The molecule has 1 nitrogen and oxygen atoms in total. The summed E-state index contributed by atoms with van der Waals surface area (Å²) < 4.78 is 5.29. The molecule has 0 spiro atoms. The standard InChI is InChI=1S/C11H16O.C11H16.C10H14.C9H14S.4H2/c1-8(2)10-6-5-9(3)7-11(10)12-4;1-8(2)11-6-5-9(3)7-10(11)4;1-8(2)10-6-4-9(3)5-7-10;1-6(2)9-7(3)5-8(4)10-9;;;;/h5-8H,1-4H3;5-8H,1-4H3;4-8H,1-3H3;5-6H,1-4H3;4*1H/i;;;;4*1+1. The maximum absolute atomic E-state index is 5.29. The summed E-state index contributed by atoms with van der Waals surface area (Å²) in [6, 6.07) is 24.0. The summed E-state index contributed by atoms with van der Waals surface area (Å²) in [4.78, 5) is 2.97. The molecule has 0 saturated heterocycles. The van der Waals surface area contributed by atoms with E-state index in [4.69, 9.17) is 4.74 Å². The van der Waals surface area contributed by atoms with Crippen molar-refractivity contribution in [1.82, 2.24) is 0 Å². The van der Waals surface area contributed by atoms with E-state index < -0.39 is 0 Å². The number of hydrogen-bond acceptors (Lipinski definition) is 2. The topological polar surface area (TPSA) is 9.23 Å². The van der Waals surface area contributed by atoms with Crippen molar-refractivity contribution in [3.8, 4) is 5.75 Å². The molecule has 0 aliphatic rings. The van der Waals surface area contributed by atoms with Crippen LogP contribution in [0.4, 0.5) is 0 Å².